The Labute approximate surface area is 148 Å². The summed E-state index contributed by atoms with van der Waals surface area (Å²) in [6.07, 6.45) is 6.25. The highest BCUT2D eigenvalue weighted by molar-refractivity contribution is 6.07. The molecule has 0 unspecified atom stereocenters. The number of aromatic nitrogens is 1. The fourth-order valence-electron chi connectivity index (χ4n) is 3.25. The Morgan fingerprint density at radius 1 is 1.20 bits per heavy atom. The highest BCUT2D eigenvalue weighted by atomic mass is 16.2. The van der Waals surface area contributed by atoms with E-state index in [1.807, 2.05) is 30.3 Å². The van der Waals surface area contributed by atoms with Crippen molar-refractivity contribution in [3.8, 4) is 0 Å². The zero-order valence-corrected chi connectivity index (χ0v) is 14.4. The van der Waals surface area contributed by atoms with Crippen molar-refractivity contribution < 1.29 is 9.90 Å². The first-order chi connectivity index (χ1) is 12.3. The second-order valence-electron chi connectivity index (χ2n) is 7.15. The third-order valence-corrected chi connectivity index (χ3v) is 4.95. The Balaban J connectivity index is 1.68. The van der Waals surface area contributed by atoms with Crippen LogP contribution in [0.2, 0.25) is 0 Å². The normalized spacial score (nSPS) is 16.8. The summed E-state index contributed by atoms with van der Waals surface area (Å²) in [5, 5.41) is 13.1. The van der Waals surface area contributed by atoms with Gasteiger partial charge in [0.1, 0.15) is 5.82 Å². The smallest absolute Gasteiger partial charge is 0.252 e. The van der Waals surface area contributed by atoms with Crippen molar-refractivity contribution in [3.05, 3.63) is 35.9 Å². The maximum absolute atomic E-state index is 12.7. The Hall–Kier alpha value is -2.14. The average Bonchev–Trinajstić information content (AvgIpc) is 3.52. The lowest BCUT2D eigenvalue weighted by atomic mass is 10.1. The number of para-hydroxylation sites is 1. The van der Waals surface area contributed by atoms with Crippen LogP contribution in [0, 0.1) is 0 Å². The van der Waals surface area contributed by atoms with Crippen LogP contribution in [-0.4, -0.2) is 41.2 Å². The van der Waals surface area contributed by atoms with Crippen molar-refractivity contribution in [1.29, 1.82) is 0 Å². The number of aliphatic hydroxyl groups is 1. The van der Waals surface area contributed by atoms with Gasteiger partial charge in [0.25, 0.3) is 5.91 Å². The molecule has 0 bridgehead atoms. The summed E-state index contributed by atoms with van der Waals surface area (Å²) in [6.45, 7) is 1.10. The van der Waals surface area contributed by atoms with Crippen LogP contribution in [0.25, 0.3) is 10.9 Å². The number of anilines is 1. The van der Waals surface area contributed by atoms with Crippen molar-refractivity contribution in [2.24, 2.45) is 0 Å². The summed E-state index contributed by atoms with van der Waals surface area (Å²) in [7, 11) is 0. The fraction of sp³-hybridized carbons (Fsp3) is 0.500. The number of hydrogen-bond acceptors (Lipinski definition) is 4. The standard InChI is InChI=1S/C20H25N3O2/c24-12-4-3-11-23(15-9-10-15)19-13-17(20(25)21-14-7-8-14)16-5-1-2-6-18(16)22-19/h1-2,5-6,13-15,24H,3-4,7-12H2,(H,21,25). The van der Waals surface area contributed by atoms with Gasteiger partial charge in [-0.1, -0.05) is 18.2 Å². The number of pyridine rings is 1. The molecule has 1 aromatic heterocycles. The highest BCUT2D eigenvalue weighted by Gasteiger charge is 2.31. The van der Waals surface area contributed by atoms with Crippen LogP contribution in [0.4, 0.5) is 5.82 Å². The van der Waals surface area contributed by atoms with Crippen molar-refractivity contribution in [2.75, 3.05) is 18.1 Å². The highest BCUT2D eigenvalue weighted by Crippen LogP contribution is 2.33. The average molecular weight is 339 g/mol. The molecule has 1 heterocycles. The molecule has 0 aliphatic heterocycles. The molecule has 2 N–H and O–H groups in total. The molecule has 4 rings (SSSR count). The molecule has 132 valence electrons. The van der Waals surface area contributed by atoms with Crippen LogP contribution in [0.1, 0.15) is 48.9 Å². The molecule has 2 aliphatic carbocycles. The number of nitrogens with one attached hydrogen (secondary N) is 1. The largest absolute Gasteiger partial charge is 0.396 e. The van der Waals surface area contributed by atoms with Crippen LogP contribution in [0.3, 0.4) is 0 Å². The lowest BCUT2D eigenvalue weighted by molar-refractivity contribution is 0.0952. The molecule has 0 atom stereocenters. The molecule has 1 aromatic carbocycles. The van der Waals surface area contributed by atoms with Gasteiger partial charge in [-0.2, -0.15) is 0 Å². The molecule has 0 saturated heterocycles. The van der Waals surface area contributed by atoms with E-state index < -0.39 is 0 Å². The van der Waals surface area contributed by atoms with Gasteiger partial charge >= 0.3 is 0 Å². The molecule has 0 spiro atoms. The monoisotopic (exact) mass is 339 g/mol. The van der Waals surface area contributed by atoms with Crippen LogP contribution in [0.15, 0.2) is 30.3 Å². The SMILES string of the molecule is O=C(NC1CC1)c1cc(N(CCCCO)C2CC2)nc2ccccc12. The predicted octanol–water partition coefficient (Wildman–Crippen LogP) is 2.87. The molecule has 0 radical (unpaired) electrons. The topological polar surface area (TPSA) is 65.5 Å². The molecular formula is C20H25N3O2. The summed E-state index contributed by atoms with van der Waals surface area (Å²) in [6, 6.07) is 10.7. The molecule has 2 fully saturated rings. The lowest BCUT2D eigenvalue weighted by Gasteiger charge is -2.24. The van der Waals surface area contributed by atoms with Gasteiger partial charge in [-0.15, -0.1) is 0 Å². The van der Waals surface area contributed by atoms with Crippen molar-refractivity contribution in [1.82, 2.24) is 10.3 Å². The molecule has 2 saturated carbocycles. The van der Waals surface area contributed by atoms with E-state index in [0.29, 0.717) is 12.1 Å². The minimum atomic E-state index is 0.00783. The van der Waals surface area contributed by atoms with E-state index in [0.717, 1.165) is 54.5 Å². The molecule has 5 nitrogen and oxygen atoms in total. The number of rotatable bonds is 8. The number of aliphatic hydroxyl groups excluding tert-OH is 1. The second kappa shape index (κ2) is 7.00. The van der Waals surface area contributed by atoms with Gasteiger partial charge in [-0.05, 0) is 50.7 Å². The first kappa shape index (κ1) is 16.3. The number of nitrogens with zero attached hydrogens (tertiary/aromatic N) is 2. The van der Waals surface area contributed by atoms with Crippen molar-refractivity contribution in [2.45, 2.75) is 50.6 Å². The number of hydrogen-bond donors (Lipinski definition) is 2. The maximum atomic E-state index is 12.7. The number of unbranched alkanes of at least 4 members (excludes halogenated alkanes) is 1. The zero-order valence-electron chi connectivity index (χ0n) is 14.4. The fourth-order valence-corrected chi connectivity index (χ4v) is 3.25. The molecular weight excluding hydrogens is 314 g/mol. The summed E-state index contributed by atoms with van der Waals surface area (Å²) in [5.74, 6) is 0.897. The number of amides is 1. The first-order valence-electron chi connectivity index (χ1n) is 9.34. The lowest BCUT2D eigenvalue weighted by Crippen LogP contribution is -2.29. The maximum Gasteiger partial charge on any atom is 0.252 e. The van der Waals surface area contributed by atoms with Gasteiger partial charge in [0.2, 0.25) is 0 Å². The molecule has 5 heteroatoms. The first-order valence-corrected chi connectivity index (χ1v) is 9.34. The van der Waals surface area contributed by atoms with Crippen LogP contribution in [0.5, 0.6) is 0 Å². The molecule has 1 amide bonds. The minimum absolute atomic E-state index is 0.00783. The predicted molar refractivity (Wildman–Crippen MR) is 98.9 cm³/mol. The number of carbonyl (C=O) groups excluding carboxylic acids is 1. The van der Waals surface area contributed by atoms with E-state index in [2.05, 4.69) is 10.2 Å². The van der Waals surface area contributed by atoms with E-state index in [1.54, 1.807) is 0 Å². The van der Waals surface area contributed by atoms with Crippen molar-refractivity contribution in [3.63, 3.8) is 0 Å². The summed E-state index contributed by atoms with van der Waals surface area (Å²) in [4.78, 5) is 19.9. The van der Waals surface area contributed by atoms with Crippen LogP contribution in [-0.2, 0) is 0 Å². The Morgan fingerprint density at radius 3 is 2.72 bits per heavy atom. The summed E-state index contributed by atoms with van der Waals surface area (Å²) < 4.78 is 0. The third-order valence-electron chi connectivity index (χ3n) is 4.95. The van der Waals surface area contributed by atoms with Crippen LogP contribution < -0.4 is 10.2 Å². The van der Waals surface area contributed by atoms with Gasteiger partial charge in [0.15, 0.2) is 0 Å². The second-order valence-corrected chi connectivity index (χ2v) is 7.15. The van der Waals surface area contributed by atoms with E-state index in [9.17, 15) is 4.79 Å². The van der Waals surface area contributed by atoms with E-state index in [-0.39, 0.29) is 12.5 Å². The van der Waals surface area contributed by atoms with E-state index in [4.69, 9.17) is 10.1 Å². The summed E-state index contributed by atoms with van der Waals surface area (Å²) >= 11 is 0. The minimum Gasteiger partial charge on any atom is -0.396 e. The van der Waals surface area contributed by atoms with Crippen molar-refractivity contribution >= 4 is 22.6 Å². The molecule has 2 aliphatic rings. The van der Waals surface area contributed by atoms with Gasteiger partial charge in [-0.25, -0.2) is 4.98 Å². The Kier molecular flexibility index (Phi) is 4.57. The Bertz CT molecular complexity index is 769. The molecule has 2 aromatic rings. The van der Waals surface area contributed by atoms with E-state index in [1.165, 1.54) is 12.8 Å². The van der Waals surface area contributed by atoms with Gasteiger partial charge in [0, 0.05) is 30.6 Å². The van der Waals surface area contributed by atoms with Gasteiger partial charge < -0.3 is 15.3 Å². The van der Waals surface area contributed by atoms with Gasteiger partial charge in [0.05, 0.1) is 11.1 Å². The molecule has 25 heavy (non-hydrogen) atoms. The third kappa shape index (κ3) is 3.76. The van der Waals surface area contributed by atoms with Gasteiger partial charge in [-0.3, -0.25) is 4.79 Å². The zero-order chi connectivity index (χ0) is 17.2. The quantitative estimate of drug-likeness (QED) is 0.726. The van der Waals surface area contributed by atoms with Crippen LogP contribution >= 0.6 is 0 Å². The van der Waals surface area contributed by atoms with E-state index >= 15 is 0 Å². The number of benzene rings is 1. The Morgan fingerprint density at radius 2 is 2.00 bits per heavy atom. The summed E-state index contributed by atoms with van der Waals surface area (Å²) in [5.41, 5.74) is 1.59. The number of fused-ring (bicyclic) bond motifs is 1. The number of carbonyl (C=O) groups is 1.